The molecule has 2 heterocycles. The molecule has 2 aliphatic rings. The van der Waals surface area contributed by atoms with Crippen LogP contribution in [0.25, 0.3) is 0 Å². The molecular formula is C14H20BrN3. The van der Waals surface area contributed by atoms with Gasteiger partial charge < -0.3 is 4.90 Å². The minimum absolute atomic E-state index is 0.486. The fourth-order valence-corrected chi connectivity index (χ4v) is 2.84. The van der Waals surface area contributed by atoms with Gasteiger partial charge in [0.15, 0.2) is 0 Å². The minimum atomic E-state index is 0.486. The van der Waals surface area contributed by atoms with E-state index in [1.54, 1.807) is 0 Å². The molecule has 18 heavy (non-hydrogen) atoms. The van der Waals surface area contributed by atoms with Gasteiger partial charge in [-0.05, 0) is 47.0 Å². The van der Waals surface area contributed by atoms with E-state index in [4.69, 9.17) is 4.98 Å². The van der Waals surface area contributed by atoms with Crippen molar-refractivity contribution in [3.63, 3.8) is 0 Å². The van der Waals surface area contributed by atoms with E-state index in [1.807, 2.05) is 0 Å². The molecule has 98 valence electrons. The van der Waals surface area contributed by atoms with Crippen LogP contribution in [0.5, 0.6) is 0 Å². The fourth-order valence-electron chi connectivity index (χ4n) is 2.45. The first kappa shape index (κ1) is 12.4. The highest BCUT2D eigenvalue weighted by Crippen LogP contribution is 2.39. The normalized spacial score (nSPS) is 23.2. The Morgan fingerprint density at radius 2 is 1.89 bits per heavy atom. The number of aromatic nitrogens is 2. The molecule has 0 atom stereocenters. The van der Waals surface area contributed by atoms with E-state index in [1.165, 1.54) is 25.7 Å². The number of hydrogen-bond acceptors (Lipinski definition) is 3. The fraction of sp³-hybridized carbons (Fsp3) is 0.714. The molecular weight excluding hydrogens is 290 g/mol. The molecule has 1 aromatic heterocycles. The van der Waals surface area contributed by atoms with E-state index in [0.29, 0.717) is 11.3 Å². The van der Waals surface area contributed by atoms with Crippen molar-refractivity contribution in [2.24, 2.45) is 5.41 Å². The van der Waals surface area contributed by atoms with Crippen molar-refractivity contribution in [1.29, 1.82) is 0 Å². The molecule has 1 aromatic rings. The number of rotatable bonds is 2. The highest BCUT2D eigenvalue weighted by molar-refractivity contribution is 9.10. The second kappa shape index (κ2) is 4.48. The first-order valence-corrected chi connectivity index (χ1v) is 7.62. The number of nitrogens with zero attached hydrogens (tertiary/aromatic N) is 3. The second-order valence-corrected chi connectivity index (χ2v) is 7.15. The Kier molecular flexibility index (Phi) is 3.08. The lowest BCUT2D eigenvalue weighted by atomic mass is 9.83. The Morgan fingerprint density at radius 3 is 2.50 bits per heavy atom. The molecule has 1 aliphatic heterocycles. The van der Waals surface area contributed by atoms with Crippen molar-refractivity contribution in [3.05, 3.63) is 16.5 Å². The summed E-state index contributed by atoms with van der Waals surface area (Å²) in [6.45, 7) is 6.94. The molecule has 0 unspecified atom stereocenters. The van der Waals surface area contributed by atoms with Crippen molar-refractivity contribution in [2.45, 2.75) is 45.4 Å². The summed E-state index contributed by atoms with van der Waals surface area (Å²) in [5.41, 5.74) is 0.486. The largest absolute Gasteiger partial charge is 0.356 e. The summed E-state index contributed by atoms with van der Waals surface area (Å²) in [6.07, 6.45) is 4.99. The zero-order valence-corrected chi connectivity index (χ0v) is 12.7. The summed E-state index contributed by atoms with van der Waals surface area (Å²) >= 11 is 3.52. The van der Waals surface area contributed by atoms with Crippen LogP contribution in [0.1, 0.15) is 51.3 Å². The summed E-state index contributed by atoms with van der Waals surface area (Å²) in [6, 6.07) is 2.06. The molecule has 3 rings (SSSR count). The molecule has 4 heteroatoms. The number of anilines is 1. The summed E-state index contributed by atoms with van der Waals surface area (Å²) in [5.74, 6) is 2.75. The number of halogens is 1. The highest BCUT2D eigenvalue weighted by Gasteiger charge is 2.29. The zero-order chi connectivity index (χ0) is 12.8. The van der Waals surface area contributed by atoms with Gasteiger partial charge in [-0.25, -0.2) is 9.97 Å². The van der Waals surface area contributed by atoms with Crippen LogP contribution < -0.4 is 4.90 Å². The third-order valence-electron chi connectivity index (χ3n) is 4.08. The van der Waals surface area contributed by atoms with Crippen LogP contribution in [0, 0.1) is 5.41 Å². The first-order valence-electron chi connectivity index (χ1n) is 6.83. The van der Waals surface area contributed by atoms with Crippen molar-refractivity contribution < 1.29 is 0 Å². The maximum Gasteiger partial charge on any atom is 0.135 e. The van der Waals surface area contributed by atoms with E-state index in [2.05, 4.69) is 45.7 Å². The summed E-state index contributed by atoms with van der Waals surface area (Å²) in [5, 5.41) is 0. The molecule has 1 aliphatic carbocycles. The van der Waals surface area contributed by atoms with Crippen LogP contribution in [0.4, 0.5) is 5.82 Å². The van der Waals surface area contributed by atoms with Gasteiger partial charge in [-0.15, -0.1) is 0 Å². The van der Waals surface area contributed by atoms with Gasteiger partial charge in [0.2, 0.25) is 0 Å². The topological polar surface area (TPSA) is 29.0 Å². The van der Waals surface area contributed by atoms with E-state index >= 15 is 0 Å². The molecule has 1 saturated heterocycles. The van der Waals surface area contributed by atoms with Crippen LogP contribution in [-0.2, 0) is 0 Å². The number of hydrogen-bond donors (Lipinski definition) is 0. The quantitative estimate of drug-likeness (QED) is 0.779. The first-order chi connectivity index (χ1) is 8.53. The Bertz CT molecular complexity index is 444. The number of piperidine rings is 1. The van der Waals surface area contributed by atoms with E-state index in [-0.39, 0.29) is 0 Å². The van der Waals surface area contributed by atoms with Gasteiger partial charge in [-0.3, -0.25) is 0 Å². The van der Waals surface area contributed by atoms with Crippen molar-refractivity contribution in [2.75, 3.05) is 18.0 Å². The molecule has 3 nitrogen and oxygen atoms in total. The molecule has 0 aromatic carbocycles. The Hall–Kier alpha value is -0.640. The standard InChI is InChI=1S/C14H20BrN3/c1-14(2)5-7-18(8-6-14)12-9-11(15)16-13(17-12)10-3-4-10/h9-10H,3-8H2,1-2H3. The highest BCUT2D eigenvalue weighted by atomic mass is 79.9. The Morgan fingerprint density at radius 1 is 1.22 bits per heavy atom. The van der Waals surface area contributed by atoms with Crippen LogP contribution in [-0.4, -0.2) is 23.1 Å². The summed E-state index contributed by atoms with van der Waals surface area (Å²) in [4.78, 5) is 11.7. The summed E-state index contributed by atoms with van der Waals surface area (Å²) < 4.78 is 0.930. The predicted octanol–water partition coefficient (Wildman–Crippen LogP) is 3.74. The third kappa shape index (κ3) is 2.68. The Balaban J connectivity index is 1.79. The average molecular weight is 310 g/mol. The van der Waals surface area contributed by atoms with Gasteiger partial charge in [-0.1, -0.05) is 13.8 Å². The molecule has 0 N–H and O–H groups in total. The maximum atomic E-state index is 4.75. The SMILES string of the molecule is CC1(C)CCN(c2cc(Br)nc(C3CC3)n2)CC1. The van der Waals surface area contributed by atoms with Crippen molar-refractivity contribution in [1.82, 2.24) is 9.97 Å². The molecule has 2 fully saturated rings. The molecule has 0 amide bonds. The molecule has 0 radical (unpaired) electrons. The average Bonchev–Trinajstić information content (AvgIpc) is 3.11. The molecule has 0 spiro atoms. The van der Waals surface area contributed by atoms with Gasteiger partial charge in [0.25, 0.3) is 0 Å². The van der Waals surface area contributed by atoms with Crippen molar-refractivity contribution in [3.8, 4) is 0 Å². The molecule has 0 bridgehead atoms. The van der Waals surface area contributed by atoms with Crippen LogP contribution in [0.3, 0.4) is 0 Å². The van der Waals surface area contributed by atoms with Gasteiger partial charge in [0.1, 0.15) is 16.2 Å². The lowest BCUT2D eigenvalue weighted by Crippen LogP contribution is -2.37. The monoisotopic (exact) mass is 309 g/mol. The van der Waals surface area contributed by atoms with Gasteiger partial charge in [0, 0.05) is 25.1 Å². The van der Waals surface area contributed by atoms with Crippen molar-refractivity contribution >= 4 is 21.7 Å². The lowest BCUT2D eigenvalue weighted by molar-refractivity contribution is 0.279. The van der Waals surface area contributed by atoms with Gasteiger partial charge in [-0.2, -0.15) is 0 Å². The molecule has 1 saturated carbocycles. The van der Waals surface area contributed by atoms with Gasteiger partial charge in [0.05, 0.1) is 0 Å². The lowest BCUT2D eigenvalue weighted by Gasteiger charge is -2.37. The van der Waals surface area contributed by atoms with Crippen LogP contribution in [0.15, 0.2) is 10.7 Å². The van der Waals surface area contributed by atoms with Crippen LogP contribution in [0.2, 0.25) is 0 Å². The van der Waals surface area contributed by atoms with E-state index in [0.717, 1.165) is 29.3 Å². The zero-order valence-electron chi connectivity index (χ0n) is 11.1. The third-order valence-corrected chi connectivity index (χ3v) is 4.49. The van der Waals surface area contributed by atoms with E-state index in [9.17, 15) is 0 Å². The summed E-state index contributed by atoms with van der Waals surface area (Å²) in [7, 11) is 0. The minimum Gasteiger partial charge on any atom is -0.356 e. The second-order valence-electron chi connectivity index (χ2n) is 6.33. The predicted molar refractivity (Wildman–Crippen MR) is 76.9 cm³/mol. The van der Waals surface area contributed by atoms with Crippen LogP contribution >= 0.6 is 15.9 Å². The van der Waals surface area contributed by atoms with Gasteiger partial charge >= 0.3 is 0 Å². The smallest absolute Gasteiger partial charge is 0.135 e. The maximum absolute atomic E-state index is 4.75. The van der Waals surface area contributed by atoms with E-state index < -0.39 is 0 Å². The Labute approximate surface area is 117 Å².